The Balaban J connectivity index is 1.18. The molecule has 0 unspecified atom stereocenters. The smallest absolute Gasteiger partial charge is 0.317 e. The van der Waals surface area contributed by atoms with Crippen LogP contribution in [0.25, 0.3) is 20.7 Å². The average molecular weight is 482 g/mol. The Hall–Kier alpha value is -3.15. The lowest BCUT2D eigenvalue weighted by Crippen LogP contribution is -2.51. The number of aromatic nitrogens is 4. The Morgan fingerprint density at radius 1 is 1.18 bits per heavy atom. The molecule has 1 aliphatic rings. The minimum atomic E-state index is -0.0994. The second-order valence-electron chi connectivity index (χ2n) is 7.84. The lowest BCUT2D eigenvalue weighted by molar-refractivity contribution is 0.133. The first-order valence-corrected chi connectivity index (χ1v) is 12.4. The third-order valence-corrected chi connectivity index (χ3v) is 7.34. The van der Waals surface area contributed by atoms with E-state index in [2.05, 4.69) is 25.2 Å². The highest BCUT2D eigenvalue weighted by molar-refractivity contribution is 7.18. The highest BCUT2D eigenvalue weighted by Crippen LogP contribution is 2.33. The number of amides is 2. The highest BCUT2D eigenvalue weighted by Gasteiger charge is 2.22. The van der Waals surface area contributed by atoms with E-state index in [1.165, 1.54) is 11.3 Å². The molecule has 1 fully saturated rings. The van der Waals surface area contributed by atoms with Crippen molar-refractivity contribution in [2.75, 3.05) is 26.2 Å². The fourth-order valence-corrected chi connectivity index (χ4v) is 5.67. The Labute approximate surface area is 198 Å². The summed E-state index contributed by atoms with van der Waals surface area (Å²) in [7, 11) is 0. The first-order chi connectivity index (χ1) is 16.1. The molecule has 0 bridgehead atoms. The molecule has 33 heavy (non-hydrogen) atoms. The molecule has 0 aliphatic carbocycles. The number of urea groups is 1. The number of carbonyl (C=O) groups is 1. The standard InChI is InChI=1S/C22H23N7O2S2/c1-14-23-5-4-15(25-14)11-24-22(31)29-8-6-28(7-9-29)12-18-26-20(30)19-16(13-33-21(19)27-18)17-3-2-10-32-17/h2-5,10,13H,6-9,11-12H2,1H3,(H,24,31)(H,26,27,30). The number of carbonyl (C=O) groups excluding carboxylic acids is 1. The van der Waals surface area contributed by atoms with Gasteiger partial charge in [0.1, 0.15) is 16.5 Å². The molecule has 0 atom stereocenters. The maximum absolute atomic E-state index is 12.8. The van der Waals surface area contributed by atoms with Gasteiger partial charge in [-0.2, -0.15) is 0 Å². The summed E-state index contributed by atoms with van der Waals surface area (Å²) in [5.41, 5.74) is 1.63. The number of hydrogen-bond acceptors (Lipinski definition) is 8. The van der Waals surface area contributed by atoms with E-state index in [1.54, 1.807) is 28.5 Å². The molecule has 0 radical (unpaired) electrons. The van der Waals surface area contributed by atoms with E-state index in [0.717, 1.165) is 21.0 Å². The van der Waals surface area contributed by atoms with Crippen LogP contribution in [0.1, 0.15) is 17.3 Å². The van der Waals surface area contributed by atoms with Gasteiger partial charge in [-0.3, -0.25) is 9.69 Å². The van der Waals surface area contributed by atoms with E-state index in [0.29, 0.717) is 56.3 Å². The van der Waals surface area contributed by atoms with Crippen LogP contribution in [0.5, 0.6) is 0 Å². The fraction of sp³-hybridized carbons (Fsp3) is 0.318. The van der Waals surface area contributed by atoms with E-state index in [1.807, 2.05) is 29.8 Å². The van der Waals surface area contributed by atoms with Crippen molar-refractivity contribution in [3.63, 3.8) is 0 Å². The lowest BCUT2D eigenvalue weighted by atomic mass is 10.2. The van der Waals surface area contributed by atoms with Gasteiger partial charge in [0.15, 0.2) is 0 Å². The number of rotatable bonds is 5. The minimum Gasteiger partial charge on any atom is -0.332 e. The van der Waals surface area contributed by atoms with Crippen LogP contribution in [-0.4, -0.2) is 61.9 Å². The van der Waals surface area contributed by atoms with Crippen LogP contribution in [0.4, 0.5) is 4.79 Å². The zero-order valence-corrected chi connectivity index (χ0v) is 19.7. The molecule has 5 rings (SSSR count). The first kappa shape index (κ1) is 21.7. The van der Waals surface area contributed by atoms with Crippen molar-refractivity contribution < 1.29 is 4.79 Å². The molecule has 170 valence electrons. The third-order valence-electron chi connectivity index (χ3n) is 5.57. The molecule has 1 aliphatic heterocycles. The molecule has 4 aromatic rings. The zero-order valence-electron chi connectivity index (χ0n) is 18.1. The van der Waals surface area contributed by atoms with Crippen LogP contribution in [0.3, 0.4) is 0 Å². The molecular weight excluding hydrogens is 458 g/mol. The van der Waals surface area contributed by atoms with Gasteiger partial charge in [0.2, 0.25) is 0 Å². The minimum absolute atomic E-state index is 0.0986. The second kappa shape index (κ2) is 9.38. The zero-order chi connectivity index (χ0) is 22.8. The van der Waals surface area contributed by atoms with Crippen molar-refractivity contribution in [2.24, 2.45) is 0 Å². The monoisotopic (exact) mass is 481 g/mol. The summed E-state index contributed by atoms with van der Waals surface area (Å²) in [5, 5.41) is 7.59. The third kappa shape index (κ3) is 4.80. The van der Waals surface area contributed by atoms with Crippen LogP contribution in [0.2, 0.25) is 0 Å². The molecule has 4 aromatic heterocycles. The predicted molar refractivity (Wildman–Crippen MR) is 129 cm³/mol. The molecule has 0 aromatic carbocycles. The quantitative estimate of drug-likeness (QED) is 0.454. The summed E-state index contributed by atoms with van der Waals surface area (Å²) in [6.45, 7) is 5.41. The maximum Gasteiger partial charge on any atom is 0.317 e. The van der Waals surface area contributed by atoms with Crippen molar-refractivity contribution in [1.82, 2.24) is 35.1 Å². The Morgan fingerprint density at radius 3 is 2.79 bits per heavy atom. The summed E-state index contributed by atoms with van der Waals surface area (Å²) in [6, 6.07) is 5.70. The molecular formula is C22H23N7O2S2. The Kier molecular flexibility index (Phi) is 6.16. The normalized spacial score (nSPS) is 14.6. The first-order valence-electron chi connectivity index (χ1n) is 10.6. The molecule has 2 amide bonds. The molecule has 1 saturated heterocycles. The van der Waals surface area contributed by atoms with Gasteiger partial charge in [0, 0.05) is 48.2 Å². The lowest BCUT2D eigenvalue weighted by Gasteiger charge is -2.34. The van der Waals surface area contributed by atoms with Gasteiger partial charge in [0.05, 0.1) is 24.2 Å². The Morgan fingerprint density at radius 2 is 2.03 bits per heavy atom. The van der Waals surface area contributed by atoms with Gasteiger partial charge in [-0.05, 0) is 24.4 Å². The van der Waals surface area contributed by atoms with E-state index in [4.69, 9.17) is 4.98 Å². The number of H-pyrrole nitrogens is 1. The SMILES string of the molecule is Cc1nccc(CNC(=O)N2CCN(Cc3nc4scc(-c5cccs5)c4c(=O)[nH]3)CC2)n1. The largest absolute Gasteiger partial charge is 0.332 e. The van der Waals surface area contributed by atoms with E-state index in [-0.39, 0.29) is 11.6 Å². The number of aromatic amines is 1. The number of aryl methyl sites for hydroxylation is 1. The molecule has 2 N–H and O–H groups in total. The van der Waals surface area contributed by atoms with Gasteiger partial charge in [-0.15, -0.1) is 22.7 Å². The molecule has 0 spiro atoms. The van der Waals surface area contributed by atoms with Crippen molar-refractivity contribution in [3.05, 3.63) is 62.9 Å². The van der Waals surface area contributed by atoms with Gasteiger partial charge in [-0.1, -0.05) is 6.07 Å². The number of fused-ring (bicyclic) bond motifs is 1. The molecule has 0 saturated carbocycles. The van der Waals surface area contributed by atoms with Crippen molar-refractivity contribution >= 4 is 38.9 Å². The van der Waals surface area contributed by atoms with Gasteiger partial charge < -0.3 is 15.2 Å². The van der Waals surface area contributed by atoms with Crippen LogP contribution in [-0.2, 0) is 13.1 Å². The molecule has 11 heteroatoms. The number of hydrogen-bond donors (Lipinski definition) is 2. The van der Waals surface area contributed by atoms with Crippen LogP contribution in [0.15, 0.2) is 40.0 Å². The van der Waals surface area contributed by atoms with Crippen molar-refractivity contribution in [1.29, 1.82) is 0 Å². The Bertz CT molecular complexity index is 1320. The van der Waals surface area contributed by atoms with E-state index in [9.17, 15) is 9.59 Å². The van der Waals surface area contributed by atoms with Crippen LogP contribution in [0, 0.1) is 6.92 Å². The number of piperazine rings is 1. The topological polar surface area (TPSA) is 107 Å². The number of thiophene rings is 2. The van der Waals surface area contributed by atoms with Gasteiger partial charge in [-0.25, -0.2) is 19.7 Å². The fourth-order valence-electron chi connectivity index (χ4n) is 3.88. The van der Waals surface area contributed by atoms with E-state index < -0.39 is 0 Å². The summed E-state index contributed by atoms with van der Waals surface area (Å²) in [6.07, 6.45) is 1.69. The van der Waals surface area contributed by atoms with E-state index >= 15 is 0 Å². The molecule has 9 nitrogen and oxygen atoms in total. The summed E-state index contributed by atoms with van der Waals surface area (Å²) in [4.78, 5) is 47.2. The molecule has 5 heterocycles. The second-order valence-corrected chi connectivity index (χ2v) is 9.64. The van der Waals surface area contributed by atoms with Crippen LogP contribution < -0.4 is 10.9 Å². The van der Waals surface area contributed by atoms with Crippen molar-refractivity contribution in [2.45, 2.75) is 20.0 Å². The van der Waals surface area contributed by atoms with Gasteiger partial charge >= 0.3 is 6.03 Å². The highest BCUT2D eigenvalue weighted by atomic mass is 32.1. The van der Waals surface area contributed by atoms with Crippen LogP contribution >= 0.6 is 22.7 Å². The summed E-state index contributed by atoms with van der Waals surface area (Å²) < 4.78 is 0. The van der Waals surface area contributed by atoms with Crippen molar-refractivity contribution in [3.8, 4) is 10.4 Å². The summed E-state index contributed by atoms with van der Waals surface area (Å²) in [5.74, 6) is 1.34. The predicted octanol–water partition coefficient (Wildman–Crippen LogP) is 2.84. The maximum atomic E-state index is 12.8. The number of nitrogens with one attached hydrogen (secondary N) is 2. The average Bonchev–Trinajstić information content (AvgIpc) is 3.48. The summed E-state index contributed by atoms with van der Waals surface area (Å²) >= 11 is 3.11. The van der Waals surface area contributed by atoms with Gasteiger partial charge in [0.25, 0.3) is 5.56 Å². The number of nitrogens with zero attached hydrogens (tertiary/aromatic N) is 5.